The van der Waals surface area contributed by atoms with Crippen molar-refractivity contribution in [1.29, 1.82) is 0 Å². The van der Waals surface area contributed by atoms with Crippen LogP contribution in [0.15, 0.2) is 59.4 Å². The van der Waals surface area contributed by atoms with Crippen molar-refractivity contribution in [1.82, 2.24) is 0 Å². The minimum absolute atomic E-state index is 0.159. The normalized spacial score (nSPS) is 10.6. The van der Waals surface area contributed by atoms with Gasteiger partial charge in [0.15, 0.2) is 0 Å². The molecule has 2 aromatic carbocycles. The van der Waals surface area contributed by atoms with E-state index in [0.29, 0.717) is 5.75 Å². The molecule has 4 heteroatoms. The Kier molecular flexibility index (Phi) is 3.13. The van der Waals surface area contributed by atoms with Crippen LogP contribution in [0.3, 0.4) is 0 Å². The lowest BCUT2D eigenvalue weighted by Gasteiger charge is -2.11. The molecular formula is C16H12O4. The summed E-state index contributed by atoms with van der Waals surface area (Å²) in [6, 6.07) is 12.7. The van der Waals surface area contributed by atoms with E-state index in [9.17, 15) is 9.90 Å². The summed E-state index contributed by atoms with van der Waals surface area (Å²) in [5.41, 5.74) is 1.02. The molecule has 0 amide bonds. The quantitative estimate of drug-likeness (QED) is 0.783. The first-order valence-electron chi connectivity index (χ1n) is 6.14. The highest BCUT2D eigenvalue weighted by atomic mass is 16.5. The lowest BCUT2D eigenvalue weighted by Crippen LogP contribution is -2.03. The van der Waals surface area contributed by atoms with E-state index in [2.05, 4.69) is 0 Å². The van der Waals surface area contributed by atoms with E-state index >= 15 is 0 Å². The molecule has 0 aliphatic heterocycles. The number of carboxylic acid groups (broad SMARTS) is 1. The van der Waals surface area contributed by atoms with Gasteiger partial charge in [-0.25, -0.2) is 4.79 Å². The molecule has 20 heavy (non-hydrogen) atoms. The second kappa shape index (κ2) is 5.09. The SMILES string of the molecule is O=C(O)c1ccc2ccccc2c1OCc1ccoc1. The monoisotopic (exact) mass is 268 g/mol. The van der Waals surface area contributed by atoms with Crippen molar-refractivity contribution in [3.8, 4) is 5.75 Å². The van der Waals surface area contributed by atoms with Gasteiger partial charge in [-0.2, -0.15) is 0 Å². The van der Waals surface area contributed by atoms with E-state index in [0.717, 1.165) is 16.3 Å². The van der Waals surface area contributed by atoms with Gasteiger partial charge in [0, 0.05) is 10.9 Å². The van der Waals surface area contributed by atoms with Gasteiger partial charge in [-0.1, -0.05) is 30.3 Å². The van der Waals surface area contributed by atoms with Crippen LogP contribution in [0.1, 0.15) is 15.9 Å². The Balaban J connectivity index is 2.05. The number of carboxylic acids is 1. The van der Waals surface area contributed by atoms with E-state index < -0.39 is 5.97 Å². The van der Waals surface area contributed by atoms with Gasteiger partial charge in [-0.05, 0) is 17.5 Å². The number of fused-ring (bicyclic) bond motifs is 1. The van der Waals surface area contributed by atoms with Gasteiger partial charge < -0.3 is 14.3 Å². The molecule has 0 atom stereocenters. The molecule has 3 rings (SSSR count). The minimum Gasteiger partial charge on any atom is -0.487 e. The van der Waals surface area contributed by atoms with Crippen LogP contribution in [0.25, 0.3) is 10.8 Å². The molecule has 1 N–H and O–H groups in total. The van der Waals surface area contributed by atoms with E-state index in [-0.39, 0.29) is 12.2 Å². The molecular weight excluding hydrogens is 256 g/mol. The number of hydrogen-bond acceptors (Lipinski definition) is 3. The Hall–Kier alpha value is -2.75. The van der Waals surface area contributed by atoms with Crippen molar-refractivity contribution in [3.05, 3.63) is 66.1 Å². The fourth-order valence-corrected chi connectivity index (χ4v) is 2.10. The standard InChI is InChI=1S/C16H12O4/c17-16(18)14-6-5-12-3-1-2-4-13(12)15(14)20-10-11-7-8-19-9-11/h1-9H,10H2,(H,17,18). The Morgan fingerprint density at radius 1 is 1.15 bits per heavy atom. The molecule has 0 aliphatic carbocycles. The molecule has 1 heterocycles. The summed E-state index contributed by atoms with van der Waals surface area (Å²) in [7, 11) is 0. The zero-order valence-corrected chi connectivity index (χ0v) is 10.6. The average Bonchev–Trinajstić information content (AvgIpc) is 2.97. The maximum atomic E-state index is 11.3. The maximum Gasteiger partial charge on any atom is 0.339 e. The second-order valence-corrected chi connectivity index (χ2v) is 4.39. The van der Waals surface area contributed by atoms with Crippen LogP contribution in [0.4, 0.5) is 0 Å². The molecule has 0 spiro atoms. The first-order chi connectivity index (χ1) is 9.75. The third-order valence-electron chi connectivity index (χ3n) is 3.07. The van der Waals surface area contributed by atoms with Crippen molar-refractivity contribution in [3.63, 3.8) is 0 Å². The zero-order valence-electron chi connectivity index (χ0n) is 10.6. The average molecular weight is 268 g/mol. The first-order valence-corrected chi connectivity index (χ1v) is 6.14. The summed E-state index contributed by atoms with van der Waals surface area (Å²) in [6.45, 7) is 0.269. The second-order valence-electron chi connectivity index (χ2n) is 4.39. The summed E-state index contributed by atoms with van der Waals surface area (Å²) in [5.74, 6) is -0.616. The van der Waals surface area contributed by atoms with E-state index in [1.165, 1.54) is 0 Å². The third kappa shape index (κ3) is 2.23. The third-order valence-corrected chi connectivity index (χ3v) is 3.07. The minimum atomic E-state index is -1.00. The Bertz CT molecular complexity index is 744. The van der Waals surface area contributed by atoms with E-state index in [1.54, 1.807) is 30.7 Å². The van der Waals surface area contributed by atoms with E-state index in [4.69, 9.17) is 9.15 Å². The van der Waals surface area contributed by atoms with Crippen LogP contribution in [-0.4, -0.2) is 11.1 Å². The van der Waals surface area contributed by atoms with Crippen LogP contribution in [-0.2, 0) is 6.61 Å². The molecule has 0 saturated heterocycles. The van der Waals surface area contributed by atoms with Gasteiger partial charge in [0.25, 0.3) is 0 Å². The maximum absolute atomic E-state index is 11.3. The highest BCUT2D eigenvalue weighted by Gasteiger charge is 2.15. The van der Waals surface area contributed by atoms with Crippen LogP contribution in [0, 0.1) is 0 Å². The molecule has 3 aromatic rings. The number of aromatic carboxylic acids is 1. The lowest BCUT2D eigenvalue weighted by molar-refractivity contribution is 0.0692. The van der Waals surface area contributed by atoms with Gasteiger partial charge in [0.1, 0.15) is 17.9 Å². The molecule has 0 radical (unpaired) electrons. The molecule has 4 nitrogen and oxygen atoms in total. The lowest BCUT2D eigenvalue weighted by atomic mass is 10.1. The molecule has 0 unspecified atom stereocenters. The van der Waals surface area contributed by atoms with Crippen molar-refractivity contribution in [2.45, 2.75) is 6.61 Å². The highest BCUT2D eigenvalue weighted by molar-refractivity contribution is 6.00. The zero-order chi connectivity index (χ0) is 13.9. The van der Waals surface area contributed by atoms with Crippen LogP contribution < -0.4 is 4.74 Å². The molecule has 0 bridgehead atoms. The summed E-state index contributed by atoms with van der Waals surface area (Å²) >= 11 is 0. The predicted molar refractivity (Wildman–Crippen MR) is 73.9 cm³/mol. The Morgan fingerprint density at radius 2 is 2.00 bits per heavy atom. The molecule has 100 valence electrons. The van der Waals surface area contributed by atoms with Gasteiger partial charge >= 0.3 is 5.97 Å². The number of rotatable bonds is 4. The van der Waals surface area contributed by atoms with Crippen LogP contribution >= 0.6 is 0 Å². The number of benzene rings is 2. The summed E-state index contributed by atoms with van der Waals surface area (Å²) in [6.07, 6.45) is 3.13. The number of hydrogen-bond donors (Lipinski definition) is 1. The number of carbonyl (C=O) groups is 1. The van der Waals surface area contributed by atoms with Crippen molar-refractivity contribution >= 4 is 16.7 Å². The molecule has 0 aliphatic rings. The van der Waals surface area contributed by atoms with Crippen LogP contribution in [0.2, 0.25) is 0 Å². The Morgan fingerprint density at radius 3 is 2.75 bits per heavy atom. The van der Waals surface area contributed by atoms with Crippen molar-refractivity contribution < 1.29 is 19.1 Å². The molecule has 0 fully saturated rings. The first kappa shape index (κ1) is 12.3. The van der Waals surface area contributed by atoms with Gasteiger partial charge in [-0.3, -0.25) is 0 Å². The largest absolute Gasteiger partial charge is 0.487 e. The number of furan rings is 1. The van der Waals surface area contributed by atoms with E-state index in [1.807, 2.05) is 24.3 Å². The summed E-state index contributed by atoms with van der Waals surface area (Å²) < 4.78 is 10.7. The van der Waals surface area contributed by atoms with Gasteiger partial charge in [0.05, 0.1) is 12.5 Å². The predicted octanol–water partition coefficient (Wildman–Crippen LogP) is 3.71. The molecule has 1 aromatic heterocycles. The fourth-order valence-electron chi connectivity index (χ4n) is 2.10. The summed E-state index contributed by atoms with van der Waals surface area (Å²) in [4.78, 5) is 11.3. The van der Waals surface area contributed by atoms with Gasteiger partial charge in [-0.15, -0.1) is 0 Å². The van der Waals surface area contributed by atoms with Gasteiger partial charge in [0.2, 0.25) is 0 Å². The topological polar surface area (TPSA) is 59.7 Å². The molecule has 0 saturated carbocycles. The number of ether oxygens (including phenoxy) is 1. The van der Waals surface area contributed by atoms with Crippen molar-refractivity contribution in [2.75, 3.05) is 0 Å². The Labute approximate surface area is 115 Å². The smallest absolute Gasteiger partial charge is 0.339 e. The van der Waals surface area contributed by atoms with Crippen molar-refractivity contribution in [2.24, 2.45) is 0 Å². The highest BCUT2D eigenvalue weighted by Crippen LogP contribution is 2.30. The fraction of sp³-hybridized carbons (Fsp3) is 0.0625. The van der Waals surface area contributed by atoms with Crippen LogP contribution in [0.5, 0.6) is 5.75 Å². The summed E-state index contributed by atoms with van der Waals surface area (Å²) in [5, 5.41) is 11.0.